The molecule has 0 aliphatic carbocycles. The summed E-state index contributed by atoms with van der Waals surface area (Å²) in [5.41, 5.74) is 0. The zero-order chi connectivity index (χ0) is 14.4. The third-order valence-corrected chi connectivity index (χ3v) is 3.41. The SMILES string of the molecule is CCCCCNC(=O)[C@H]1N[C@@H](CO)[C@@H](O)[C@H](O)[C@H]1O. The molecule has 0 saturated carbocycles. The van der Waals surface area contributed by atoms with Gasteiger partial charge in [0.15, 0.2) is 0 Å². The molecule has 1 rings (SSSR count). The summed E-state index contributed by atoms with van der Waals surface area (Å²) in [5, 5.41) is 43.4. The van der Waals surface area contributed by atoms with Crippen molar-refractivity contribution < 1.29 is 25.2 Å². The van der Waals surface area contributed by atoms with Crippen LogP contribution in [0.5, 0.6) is 0 Å². The fourth-order valence-electron chi connectivity index (χ4n) is 2.15. The Hall–Kier alpha value is -0.730. The Morgan fingerprint density at radius 2 is 1.84 bits per heavy atom. The van der Waals surface area contributed by atoms with Crippen LogP contribution in [0.15, 0.2) is 0 Å². The summed E-state index contributed by atoms with van der Waals surface area (Å²) in [7, 11) is 0. The van der Waals surface area contributed by atoms with Gasteiger partial charge in [0.1, 0.15) is 24.4 Å². The number of rotatable bonds is 6. The molecule has 1 aliphatic heterocycles. The standard InChI is InChI=1S/C12H24N2O5/c1-2-3-4-5-13-12(19)8-10(17)11(18)9(16)7(6-15)14-8/h7-11,14-18H,2-6H2,1H3,(H,13,19)/t7-,8-,9+,10-,11-/m0/s1. The van der Waals surface area contributed by atoms with Crippen molar-refractivity contribution in [2.45, 2.75) is 56.6 Å². The molecule has 1 saturated heterocycles. The van der Waals surface area contributed by atoms with Gasteiger partial charge in [0.05, 0.1) is 12.6 Å². The van der Waals surface area contributed by atoms with E-state index in [9.17, 15) is 20.1 Å². The molecule has 7 nitrogen and oxygen atoms in total. The van der Waals surface area contributed by atoms with Crippen LogP contribution in [-0.2, 0) is 4.79 Å². The molecule has 0 unspecified atom stereocenters. The predicted octanol–water partition coefficient (Wildman–Crippen LogP) is -2.29. The number of unbranched alkanes of at least 4 members (excludes halogenated alkanes) is 2. The van der Waals surface area contributed by atoms with Gasteiger partial charge in [0.2, 0.25) is 5.91 Å². The van der Waals surface area contributed by atoms with Gasteiger partial charge in [0, 0.05) is 6.54 Å². The van der Waals surface area contributed by atoms with Crippen LogP contribution in [0, 0.1) is 0 Å². The van der Waals surface area contributed by atoms with Crippen LogP contribution < -0.4 is 10.6 Å². The third kappa shape index (κ3) is 4.12. The number of piperidine rings is 1. The van der Waals surface area contributed by atoms with Crippen molar-refractivity contribution in [1.82, 2.24) is 10.6 Å². The molecule has 112 valence electrons. The van der Waals surface area contributed by atoms with Crippen molar-refractivity contribution >= 4 is 5.91 Å². The molecule has 6 N–H and O–H groups in total. The van der Waals surface area contributed by atoms with Crippen LogP contribution in [0.3, 0.4) is 0 Å². The first kappa shape index (κ1) is 16.3. The number of hydrogen-bond donors (Lipinski definition) is 6. The van der Waals surface area contributed by atoms with Crippen LogP contribution >= 0.6 is 0 Å². The van der Waals surface area contributed by atoms with Crippen molar-refractivity contribution in [3.8, 4) is 0 Å². The van der Waals surface area contributed by atoms with Gasteiger partial charge < -0.3 is 25.7 Å². The molecule has 0 radical (unpaired) electrons. The summed E-state index contributed by atoms with van der Waals surface area (Å²) in [6.45, 7) is 2.13. The Balaban J connectivity index is 2.53. The maximum atomic E-state index is 11.9. The molecule has 0 spiro atoms. The molecule has 1 heterocycles. The van der Waals surface area contributed by atoms with Gasteiger partial charge in [-0.15, -0.1) is 0 Å². The summed E-state index contributed by atoms with van der Waals surface area (Å²) in [4.78, 5) is 11.9. The van der Waals surface area contributed by atoms with Gasteiger partial charge in [-0.3, -0.25) is 10.1 Å². The van der Waals surface area contributed by atoms with Crippen molar-refractivity contribution in [2.75, 3.05) is 13.2 Å². The van der Waals surface area contributed by atoms with Gasteiger partial charge in [-0.2, -0.15) is 0 Å². The molecule has 0 bridgehead atoms. The van der Waals surface area contributed by atoms with Crippen LogP contribution in [0.25, 0.3) is 0 Å². The van der Waals surface area contributed by atoms with E-state index >= 15 is 0 Å². The second-order valence-corrected chi connectivity index (χ2v) is 4.90. The summed E-state index contributed by atoms with van der Waals surface area (Å²) in [6, 6.07) is -1.86. The number of carbonyl (C=O) groups is 1. The lowest BCUT2D eigenvalue weighted by molar-refractivity contribution is -0.145. The first-order valence-electron chi connectivity index (χ1n) is 6.71. The summed E-state index contributed by atoms with van der Waals surface area (Å²) in [6.07, 6.45) is -1.27. The van der Waals surface area contributed by atoms with Crippen molar-refractivity contribution in [3.05, 3.63) is 0 Å². The minimum Gasteiger partial charge on any atom is -0.395 e. The van der Waals surface area contributed by atoms with E-state index < -0.39 is 42.9 Å². The molecule has 0 aromatic carbocycles. The molecule has 5 atom stereocenters. The molecular weight excluding hydrogens is 252 g/mol. The number of amides is 1. The predicted molar refractivity (Wildman–Crippen MR) is 68.4 cm³/mol. The molecular formula is C12H24N2O5. The molecule has 1 fully saturated rings. The van der Waals surface area contributed by atoms with E-state index in [1.165, 1.54) is 0 Å². The smallest absolute Gasteiger partial charge is 0.239 e. The van der Waals surface area contributed by atoms with Gasteiger partial charge in [-0.1, -0.05) is 19.8 Å². The Bertz CT molecular complexity index is 287. The van der Waals surface area contributed by atoms with E-state index in [4.69, 9.17) is 5.11 Å². The van der Waals surface area contributed by atoms with Crippen molar-refractivity contribution in [3.63, 3.8) is 0 Å². The Kier molecular flexibility index (Phi) is 6.67. The van der Waals surface area contributed by atoms with Gasteiger partial charge in [0.25, 0.3) is 0 Å². The van der Waals surface area contributed by atoms with E-state index in [2.05, 4.69) is 17.6 Å². The summed E-state index contributed by atoms with van der Waals surface area (Å²) in [5.74, 6) is -0.437. The first-order valence-corrected chi connectivity index (χ1v) is 6.71. The maximum Gasteiger partial charge on any atom is 0.239 e. The Labute approximate surface area is 112 Å². The van der Waals surface area contributed by atoms with Crippen LogP contribution in [0.1, 0.15) is 26.2 Å². The number of hydrogen-bond acceptors (Lipinski definition) is 6. The van der Waals surface area contributed by atoms with E-state index in [-0.39, 0.29) is 0 Å². The third-order valence-electron chi connectivity index (χ3n) is 3.41. The second kappa shape index (κ2) is 7.76. The second-order valence-electron chi connectivity index (χ2n) is 4.90. The minimum atomic E-state index is -1.45. The van der Waals surface area contributed by atoms with Crippen LogP contribution in [0.2, 0.25) is 0 Å². The monoisotopic (exact) mass is 276 g/mol. The molecule has 0 aromatic rings. The average Bonchev–Trinajstić information content (AvgIpc) is 2.41. The number of aliphatic hydroxyl groups excluding tert-OH is 4. The molecule has 7 heteroatoms. The topological polar surface area (TPSA) is 122 Å². The highest BCUT2D eigenvalue weighted by molar-refractivity contribution is 5.82. The number of carbonyl (C=O) groups excluding carboxylic acids is 1. The van der Waals surface area contributed by atoms with Crippen LogP contribution in [0.4, 0.5) is 0 Å². The molecule has 1 aliphatic rings. The van der Waals surface area contributed by atoms with E-state index in [0.29, 0.717) is 6.54 Å². The zero-order valence-corrected chi connectivity index (χ0v) is 11.1. The largest absolute Gasteiger partial charge is 0.395 e. The molecule has 19 heavy (non-hydrogen) atoms. The lowest BCUT2D eigenvalue weighted by atomic mass is 9.90. The molecule has 0 aromatic heterocycles. The minimum absolute atomic E-state index is 0.426. The van der Waals surface area contributed by atoms with Gasteiger partial charge >= 0.3 is 0 Å². The quantitative estimate of drug-likeness (QED) is 0.304. The highest BCUT2D eigenvalue weighted by Crippen LogP contribution is 2.15. The first-order chi connectivity index (χ1) is 9.02. The zero-order valence-electron chi connectivity index (χ0n) is 11.1. The van der Waals surface area contributed by atoms with E-state index in [1.54, 1.807) is 0 Å². The Morgan fingerprint density at radius 1 is 1.16 bits per heavy atom. The van der Waals surface area contributed by atoms with Gasteiger partial charge in [-0.25, -0.2) is 0 Å². The highest BCUT2D eigenvalue weighted by atomic mass is 16.4. The van der Waals surface area contributed by atoms with E-state index in [0.717, 1.165) is 19.3 Å². The number of aliphatic hydroxyl groups is 4. The highest BCUT2D eigenvalue weighted by Gasteiger charge is 2.44. The van der Waals surface area contributed by atoms with Gasteiger partial charge in [-0.05, 0) is 6.42 Å². The van der Waals surface area contributed by atoms with E-state index in [1.807, 2.05) is 0 Å². The average molecular weight is 276 g/mol. The number of nitrogens with one attached hydrogen (secondary N) is 2. The maximum absolute atomic E-state index is 11.9. The normalized spacial score (nSPS) is 35.1. The molecule has 1 amide bonds. The fourth-order valence-corrected chi connectivity index (χ4v) is 2.15. The lowest BCUT2D eigenvalue weighted by Gasteiger charge is -2.40. The van der Waals surface area contributed by atoms with Crippen molar-refractivity contribution in [1.29, 1.82) is 0 Å². The van der Waals surface area contributed by atoms with Crippen LogP contribution in [-0.4, -0.2) is 69.9 Å². The fraction of sp³-hybridized carbons (Fsp3) is 0.917. The summed E-state index contributed by atoms with van der Waals surface area (Å²) >= 11 is 0. The Morgan fingerprint density at radius 3 is 2.42 bits per heavy atom. The summed E-state index contributed by atoms with van der Waals surface area (Å²) < 4.78 is 0. The van der Waals surface area contributed by atoms with Crippen molar-refractivity contribution in [2.24, 2.45) is 0 Å². The lowest BCUT2D eigenvalue weighted by Crippen LogP contribution is -2.69.